The summed E-state index contributed by atoms with van der Waals surface area (Å²) in [6, 6.07) is 12.3. The van der Waals surface area contributed by atoms with Crippen molar-refractivity contribution in [1.82, 2.24) is 9.80 Å². The number of amides is 1. The average Bonchev–Trinajstić information content (AvgIpc) is 3.37. The van der Waals surface area contributed by atoms with Crippen molar-refractivity contribution in [2.24, 2.45) is 0 Å². The van der Waals surface area contributed by atoms with E-state index in [1.54, 1.807) is 19.1 Å². The van der Waals surface area contributed by atoms with Gasteiger partial charge < -0.3 is 14.7 Å². The number of piperazine rings is 1. The second-order valence-electron chi connectivity index (χ2n) is 9.27. The van der Waals surface area contributed by atoms with Gasteiger partial charge >= 0.3 is 0 Å². The van der Waals surface area contributed by atoms with Crippen molar-refractivity contribution in [3.63, 3.8) is 0 Å². The molecule has 32 heavy (non-hydrogen) atoms. The number of fused-ring (bicyclic) bond motifs is 2. The zero-order chi connectivity index (χ0) is 23.0. The van der Waals surface area contributed by atoms with Crippen molar-refractivity contribution in [1.29, 1.82) is 0 Å². The highest BCUT2D eigenvalue weighted by atomic mass is 35.5. The third kappa shape index (κ3) is 4.52. The molecule has 1 amide bonds. The van der Waals surface area contributed by atoms with Crippen LogP contribution in [0, 0.1) is 13.8 Å². The standard InChI is InChI=1S/C26H33ClN2O3/c1-16(30)11-12-32-25-10-9-24(17(2)18(25)3)19(4)28-14-23-13-22(28)15-29(23)26(31)20-5-7-21(27)8-6-20/h5-10,16,19,22-23,30H,11-15H2,1-4H3/t16?,19-,22-,23-/m1/s1. The average molecular weight is 457 g/mol. The molecule has 2 bridgehead atoms. The van der Waals surface area contributed by atoms with E-state index in [0.29, 0.717) is 29.7 Å². The maximum atomic E-state index is 13.0. The lowest BCUT2D eigenvalue weighted by Crippen LogP contribution is -2.49. The lowest BCUT2D eigenvalue weighted by atomic mass is 9.96. The van der Waals surface area contributed by atoms with E-state index in [0.717, 1.165) is 30.8 Å². The first-order valence-electron chi connectivity index (χ1n) is 11.5. The van der Waals surface area contributed by atoms with Crippen LogP contribution in [0.2, 0.25) is 5.02 Å². The summed E-state index contributed by atoms with van der Waals surface area (Å²) in [6.45, 7) is 10.5. The van der Waals surface area contributed by atoms with Crippen molar-refractivity contribution < 1.29 is 14.6 Å². The minimum Gasteiger partial charge on any atom is -0.493 e. The molecule has 0 aliphatic carbocycles. The van der Waals surface area contributed by atoms with Crippen molar-refractivity contribution in [3.05, 3.63) is 63.7 Å². The molecular weight excluding hydrogens is 424 g/mol. The lowest BCUT2D eigenvalue weighted by molar-refractivity contribution is 0.0568. The number of carbonyl (C=O) groups is 1. The third-order valence-electron chi connectivity index (χ3n) is 7.16. The summed E-state index contributed by atoms with van der Waals surface area (Å²) >= 11 is 5.97. The first-order chi connectivity index (χ1) is 15.3. The van der Waals surface area contributed by atoms with Crippen molar-refractivity contribution in [2.45, 2.75) is 64.8 Å². The van der Waals surface area contributed by atoms with Crippen LogP contribution in [0.25, 0.3) is 0 Å². The van der Waals surface area contributed by atoms with Gasteiger partial charge in [0.25, 0.3) is 5.91 Å². The Morgan fingerprint density at radius 1 is 1.09 bits per heavy atom. The van der Waals surface area contributed by atoms with Gasteiger partial charge in [-0.15, -0.1) is 0 Å². The van der Waals surface area contributed by atoms with E-state index in [4.69, 9.17) is 16.3 Å². The number of aliphatic hydroxyl groups is 1. The molecular formula is C26H33ClN2O3. The van der Waals surface area contributed by atoms with Crippen LogP contribution in [-0.2, 0) is 0 Å². The van der Waals surface area contributed by atoms with Crippen LogP contribution >= 0.6 is 11.6 Å². The molecule has 1 N–H and O–H groups in total. The summed E-state index contributed by atoms with van der Waals surface area (Å²) in [5.41, 5.74) is 4.43. The largest absolute Gasteiger partial charge is 0.493 e. The zero-order valence-corrected chi connectivity index (χ0v) is 20.1. The van der Waals surface area contributed by atoms with Crippen LogP contribution < -0.4 is 4.74 Å². The number of hydrogen-bond donors (Lipinski definition) is 1. The molecule has 4 rings (SSSR count). The molecule has 2 fully saturated rings. The number of aliphatic hydroxyl groups excluding tert-OH is 1. The van der Waals surface area contributed by atoms with E-state index in [9.17, 15) is 9.90 Å². The summed E-state index contributed by atoms with van der Waals surface area (Å²) in [7, 11) is 0. The Morgan fingerprint density at radius 2 is 1.81 bits per heavy atom. The monoisotopic (exact) mass is 456 g/mol. The van der Waals surface area contributed by atoms with Gasteiger partial charge in [0.05, 0.1) is 12.7 Å². The van der Waals surface area contributed by atoms with E-state index in [1.165, 1.54) is 11.1 Å². The van der Waals surface area contributed by atoms with Gasteiger partial charge in [0, 0.05) is 48.2 Å². The molecule has 2 heterocycles. The molecule has 2 aliphatic rings. The summed E-state index contributed by atoms with van der Waals surface area (Å²) in [5.74, 6) is 0.994. The maximum Gasteiger partial charge on any atom is 0.254 e. The van der Waals surface area contributed by atoms with Gasteiger partial charge in [-0.1, -0.05) is 17.7 Å². The second-order valence-corrected chi connectivity index (χ2v) is 9.71. The molecule has 2 aromatic rings. The maximum absolute atomic E-state index is 13.0. The number of carbonyl (C=O) groups excluding carboxylic acids is 1. The number of halogens is 1. The molecule has 172 valence electrons. The topological polar surface area (TPSA) is 53.0 Å². The number of ether oxygens (including phenoxy) is 1. The third-order valence-corrected chi connectivity index (χ3v) is 7.41. The minimum absolute atomic E-state index is 0.104. The number of benzene rings is 2. The quantitative estimate of drug-likeness (QED) is 0.652. The fourth-order valence-corrected chi connectivity index (χ4v) is 5.25. The summed E-state index contributed by atoms with van der Waals surface area (Å²) in [4.78, 5) is 17.6. The normalized spacial score (nSPS) is 22.2. The lowest BCUT2D eigenvalue weighted by Gasteiger charge is -2.38. The summed E-state index contributed by atoms with van der Waals surface area (Å²) < 4.78 is 5.90. The van der Waals surface area contributed by atoms with Crippen molar-refractivity contribution in [2.75, 3.05) is 19.7 Å². The Balaban J connectivity index is 1.42. The Kier molecular flexibility index (Phi) is 6.80. The second kappa shape index (κ2) is 9.42. The Morgan fingerprint density at radius 3 is 2.44 bits per heavy atom. The fourth-order valence-electron chi connectivity index (χ4n) is 5.12. The molecule has 0 aromatic heterocycles. The van der Waals surface area contributed by atoms with Crippen LogP contribution in [0.1, 0.15) is 59.8 Å². The Hall–Kier alpha value is -2.08. The van der Waals surface area contributed by atoms with E-state index in [-0.39, 0.29) is 24.1 Å². The van der Waals surface area contributed by atoms with E-state index >= 15 is 0 Å². The number of nitrogens with zero attached hydrogens (tertiary/aromatic N) is 2. The van der Waals surface area contributed by atoms with Crippen LogP contribution in [0.4, 0.5) is 0 Å². The van der Waals surface area contributed by atoms with Crippen LogP contribution in [0.3, 0.4) is 0 Å². The Labute approximate surface area is 195 Å². The highest BCUT2D eigenvalue weighted by Gasteiger charge is 2.47. The first-order valence-corrected chi connectivity index (χ1v) is 11.9. The van der Waals surface area contributed by atoms with E-state index in [1.807, 2.05) is 17.0 Å². The Bertz CT molecular complexity index is 976. The molecule has 0 radical (unpaired) electrons. The van der Waals surface area contributed by atoms with Gasteiger partial charge in [-0.25, -0.2) is 0 Å². The molecule has 2 aromatic carbocycles. The molecule has 1 unspecified atom stereocenters. The molecule has 0 saturated carbocycles. The predicted molar refractivity (Wildman–Crippen MR) is 128 cm³/mol. The zero-order valence-electron chi connectivity index (χ0n) is 19.3. The number of rotatable bonds is 7. The van der Waals surface area contributed by atoms with Crippen molar-refractivity contribution >= 4 is 17.5 Å². The highest BCUT2D eigenvalue weighted by molar-refractivity contribution is 6.30. The molecule has 4 atom stereocenters. The van der Waals surface area contributed by atoms with Gasteiger partial charge in [0.2, 0.25) is 0 Å². The predicted octanol–water partition coefficient (Wildman–Crippen LogP) is 4.77. The molecule has 2 aliphatic heterocycles. The van der Waals surface area contributed by atoms with Gasteiger partial charge in [-0.05, 0) is 81.1 Å². The van der Waals surface area contributed by atoms with Gasteiger partial charge in [0.15, 0.2) is 0 Å². The molecule has 6 heteroatoms. The van der Waals surface area contributed by atoms with Gasteiger partial charge in [0.1, 0.15) is 5.75 Å². The van der Waals surface area contributed by atoms with Gasteiger partial charge in [-0.3, -0.25) is 9.69 Å². The minimum atomic E-state index is -0.354. The molecule has 0 spiro atoms. The molecule has 5 nitrogen and oxygen atoms in total. The van der Waals surface area contributed by atoms with Gasteiger partial charge in [-0.2, -0.15) is 0 Å². The summed E-state index contributed by atoms with van der Waals surface area (Å²) in [6.07, 6.45) is 1.30. The fraction of sp³-hybridized carbons (Fsp3) is 0.500. The van der Waals surface area contributed by atoms with Crippen molar-refractivity contribution in [3.8, 4) is 5.75 Å². The van der Waals surface area contributed by atoms with Crippen LogP contribution in [-0.4, -0.2) is 58.7 Å². The van der Waals surface area contributed by atoms with E-state index < -0.39 is 0 Å². The number of hydrogen-bond acceptors (Lipinski definition) is 4. The van der Waals surface area contributed by atoms with E-state index in [2.05, 4.69) is 37.8 Å². The van der Waals surface area contributed by atoms with Crippen LogP contribution in [0.15, 0.2) is 36.4 Å². The van der Waals surface area contributed by atoms with Crippen LogP contribution in [0.5, 0.6) is 5.75 Å². The highest BCUT2D eigenvalue weighted by Crippen LogP contribution is 2.39. The first kappa shape index (κ1) is 23.1. The summed E-state index contributed by atoms with van der Waals surface area (Å²) in [5, 5.41) is 10.1. The number of likely N-dealkylation sites (tertiary alicyclic amines) is 2. The molecule has 2 saturated heterocycles. The smallest absolute Gasteiger partial charge is 0.254 e. The SMILES string of the molecule is Cc1c(OCCC(C)O)ccc([C@@H](C)N2C[C@H]3C[C@@H]2CN3C(=O)c2ccc(Cl)cc2)c1C.